The van der Waals surface area contributed by atoms with Gasteiger partial charge in [-0.3, -0.25) is 10.2 Å². The van der Waals surface area contributed by atoms with Crippen molar-refractivity contribution in [2.75, 3.05) is 20.2 Å². The highest BCUT2D eigenvalue weighted by atomic mass is 16.5. The highest BCUT2D eigenvalue weighted by Crippen LogP contribution is 2.16. The zero-order valence-corrected chi connectivity index (χ0v) is 11.1. The lowest BCUT2D eigenvalue weighted by molar-refractivity contribution is -0.126. The smallest absolute Gasteiger partial charge is 0.238 e. The van der Waals surface area contributed by atoms with E-state index in [-0.39, 0.29) is 17.9 Å². The van der Waals surface area contributed by atoms with Crippen molar-refractivity contribution < 1.29 is 9.53 Å². The Kier molecular flexibility index (Phi) is 5.88. The van der Waals surface area contributed by atoms with Crippen LogP contribution < -0.4 is 11.3 Å². The molecular formula is C12H25N3O2. The second kappa shape index (κ2) is 6.93. The molecule has 0 aromatic carbocycles. The number of amides is 1. The average molecular weight is 243 g/mol. The van der Waals surface area contributed by atoms with Crippen molar-refractivity contribution in [3.05, 3.63) is 0 Å². The van der Waals surface area contributed by atoms with Gasteiger partial charge in [-0.1, -0.05) is 6.92 Å². The molecule has 1 fully saturated rings. The SMILES string of the molecule is CC(C(=O)NN)C(C)N(C)CC1CCCCO1. The zero-order chi connectivity index (χ0) is 12.8. The van der Waals surface area contributed by atoms with Crippen LogP contribution in [0.15, 0.2) is 0 Å². The third-order valence-corrected chi connectivity index (χ3v) is 3.74. The molecule has 100 valence electrons. The van der Waals surface area contributed by atoms with Gasteiger partial charge >= 0.3 is 0 Å². The maximum absolute atomic E-state index is 11.5. The summed E-state index contributed by atoms with van der Waals surface area (Å²) in [4.78, 5) is 13.6. The molecule has 1 aliphatic heterocycles. The Bertz CT molecular complexity index is 242. The first-order valence-corrected chi connectivity index (χ1v) is 6.38. The van der Waals surface area contributed by atoms with Crippen molar-refractivity contribution in [1.29, 1.82) is 0 Å². The lowest BCUT2D eigenvalue weighted by Crippen LogP contribution is -2.47. The predicted molar refractivity (Wildman–Crippen MR) is 67.2 cm³/mol. The number of hydrogen-bond donors (Lipinski definition) is 2. The molecule has 0 spiro atoms. The highest BCUT2D eigenvalue weighted by molar-refractivity contribution is 5.78. The Labute approximate surface area is 104 Å². The molecule has 3 atom stereocenters. The van der Waals surface area contributed by atoms with Crippen LogP contribution in [0.5, 0.6) is 0 Å². The molecule has 17 heavy (non-hydrogen) atoms. The van der Waals surface area contributed by atoms with E-state index in [1.165, 1.54) is 12.8 Å². The average Bonchev–Trinajstić information content (AvgIpc) is 2.37. The minimum Gasteiger partial charge on any atom is -0.377 e. The monoisotopic (exact) mass is 243 g/mol. The number of nitrogens with zero attached hydrogens (tertiary/aromatic N) is 1. The van der Waals surface area contributed by atoms with E-state index in [2.05, 4.69) is 10.3 Å². The first kappa shape index (κ1) is 14.4. The summed E-state index contributed by atoms with van der Waals surface area (Å²) in [6.45, 7) is 5.68. The molecule has 1 amide bonds. The third-order valence-electron chi connectivity index (χ3n) is 3.74. The van der Waals surface area contributed by atoms with E-state index < -0.39 is 0 Å². The summed E-state index contributed by atoms with van der Waals surface area (Å²) in [6.07, 6.45) is 3.84. The van der Waals surface area contributed by atoms with Crippen LogP contribution in [0, 0.1) is 5.92 Å². The number of nitrogens with one attached hydrogen (secondary N) is 1. The zero-order valence-electron chi connectivity index (χ0n) is 11.1. The quantitative estimate of drug-likeness (QED) is 0.419. The van der Waals surface area contributed by atoms with Crippen molar-refractivity contribution in [1.82, 2.24) is 10.3 Å². The Morgan fingerprint density at radius 2 is 2.24 bits per heavy atom. The molecule has 0 aromatic heterocycles. The van der Waals surface area contributed by atoms with E-state index in [0.717, 1.165) is 19.6 Å². The maximum Gasteiger partial charge on any atom is 0.238 e. The topological polar surface area (TPSA) is 67.6 Å². The van der Waals surface area contributed by atoms with Crippen LogP contribution in [0.1, 0.15) is 33.1 Å². The number of ether oxygens (including phenoxy) is 1. The maximum atomic E-state index is 11.5. The van der Waals surface area contributed by atoms with E-state index in [0.29, 0.717) is 6.10 Å². The van der Waals surface area contributed by atoms with Gasteiger partial charge in [-0.2, -0.15) is 0 Å². The Morgan fingerprint density at radius 1 is 1.53 bits per heavy atom. The van der Waals surface area contributed by atoms with Crippen molar-refractivity contribution in [3.63, 3.8) is 0 Å². The summed E-state index contributed by atoms with van der Waals surface area (Å²) in [5, 5.41) is 0. The Hall–Kier alpha value is -0.650. The van der Waals surface area contributed by atoms with Crippen LogP contribution in [-0.4, -0.2) is 43.2 Å². The normalized spacial score (nSPS) is 24.4. The van der Waals surface area contributed by atoms with Gasteiger partial charge in [-0.05, 0) is 33.2 Å². The van der Waals surface area contributed by atoms with E-state index >= 15 is 0 Å². The molecule has 1 saturated heterocycles. The lowest BCUT2D eigenvalue weighted by Gasteiger charge is -2.33. The van der Waals surface area contributed by atoms with Crippen LogP contribution in [0.25, 0.3) is 0 Å². The molecule has 0 aliphatic carbocycles. The molecule has 3 N–H and O–H groups in total. The van der Waals surface area contributed by atoms with Crippen LogP contribution in [0.3, 0.4) is 0 Å². The van der Waals surface area contributed by atoms with Gasteiger partial charge in [0, 0.05) is 19.2 Å². The van der Waals surface area contributed by atoms with Gasteiger partial charge in [0.2, 0.25) is 5.91 Å². The van der Waals surface area contributed by atoms with Gasteiger partial charge in [0.1, 0.15) is 0 Å². The molecule has 5 heteroatoms. The van der Waals surface area contributed by atoms with Gasteiger partial charge in [-0.25, -0.2) is 5.84 Å². The van der Waals surface area contributed by atoms with Crippen molar-refractivity contribution >= 4 is 5.91 Å². The highest BCUT2D eigenvalue weighted by Gasteiger charge is 2.25. The first-order valence-electron chi connectivity index (χ1n) is 6.38. The van der Waals surface area contributed by atoms with Crippen molar-refractivity contribution in [3.8, 4) is 0 Å². The van der Waals surface area contributed by atoms with Gasteiger partial charge in [0.25, 0.3) is 0 Å². The molecular weight excluding hydrogens is 218 g/mol. The Balaban J connectivity index is 2.39. The fourth-order valence-corrected chi connectivity index (χ4v) is 2.17. The molecule has 1 rings (SSSR count). The summed E-state index contributed by atoms with van der Waals surface area (Å²) in [6, 6.07) is 0.157. The fraction of sp³-hybridized carbons (Fsp3) is 0.917. The van der Waals surface area contributed by atoms with Crippen molar-refractivity contribution in [2.45, 2.75) is 45.3 Å². The minimum atomic E-state index is -0.117. The molecule has 3 unspecified atom stereocenters. The van der Waals surface area contributed by atoms with Gasteiger partial charge in [0.05, 0.1) is 12.0 Å². The molecule has 0 aromatic rings. The van der Waals surface area contributed by atoms with E-state index in [1.807, 2.05) is 20.9 Å². The molecule has 1 heterocycles. The number of rotatable bonds is 5. The van der Waals surface area contributed by atoms with Crippen molar-refractivity contribution in [2.24, 2.45) is 11.8 Å². The number of carbonyl (C=O) groups is 1. The van der Waals surface area contributed by atoms with Crippen LogP contribution in [0.2, 0.25) is 0 Å². The first-order chi connectivity index (χ1) is 8.06. The summed E-state index contributed by atoms with van der Waals surface area (Å²) in [5.41, 5.74) is 2.21. The molecule has 0 radical (unpaired) electrons. The van der Waals surface area contributed by atoms with Crippen LogP contribution in [-0.2, 0) is 9.53 Å². The number of hydrogen-bond acceptors (Lipinski definition) is 4. The third kappa shape index (κ3) is 4.26. The minimum absolute atomic E-state index is 0.117. The second-order valence-electron chi connectivity index (χ2n) is 4.97. The second-order valence-corrected chi connectivity index (χ2v) is 4.97. The van der Waals surface area contributed by atoms with E-state index in [4.69, 9.17) is 10.6 Å². The van der Waals surface area contributed by atoms with Gasteiger partial charge < -0.3 is 9.64 Å². The lowest BCUT2D eigenvalue weighted by atomic mass is 10.0. The summed E-state index contributed by atoms with van der Waals surface area (Å²) >= 11 is 0. The number of nitrogens with two attached hydrogens (primary N) is 1. The molecule has 0 saturated carbocycles. The number of likely N-dealkylation sites (N-methyl/N-ethyl adjacent to an activating group) is 1. The number of carbonyl (C=O) groups excluding carboxylic acids is 1. The molecule has 5 nitrogen and oxygen atoms in total. The largest absolute Gasteiger partial charge is 0.377 e. The summed E-state index contributed by atoms with van der Waals surface area (Å²) in [5.74, 6) is 4.92. The fourth-order valence-electron chi connectivity index (χ4n) is 2.17. The molecule has 0 bridgehead atoms. The van der Waals surface area contributed by atoms with Gasteiger partial charge in [0.15, 0.2) is 0 Å². The van der Waals surface area contributed by atoms with Gasteiger partial charge in [-0.15, -0.1) is 0 Å². The van der Waals surface area contributed by atoms with E-state index in [1.54, 1.807) is 0 Å². The predicted octanol–water partition coefficient (Wildman–Crippen LogP) is 0.502. The summed E-state index contributed by atoms with van der Waals surface area (Å²) in [7, 11) is 2.03. The summed E-state index contributed by atoms with van der Waals surface area (Å²) < 4.78 is 5.70. The Morgan fingerprint density at radius 3 is 2.76 bits per heavy atom. The van der Waals surface area contributed by atoms with Crippen LogP contribution >= 0.6 is 0 Å². The van der Waals surface area contributed by atoms with Crippen LogP contribution in [0.4, 0.5) is 0 Å². The number of hydrazine groups is 1. The molecule has 1 aliphatic rings. The van der Waals surface area contributed by atoms with E-state index in [9.17, 15) is 4.79 Å². The standard InChI is InChI=1S/C12H25N3O2/c1-9(12(16)14-13)10(2)15(3)8-11-6-4-5-7-17-11/h9-11H,4-8,13H2,1-3H3,(H,14,16).